The number of ether oxygens (including phenoxy) is 2. The average Bonchev–Trinajstić information content (AvgIpc) is 2.54. The Bertz CT molecular complexity index is 525. The number of hydrogen-bond donors (Lipinski definition) is 2. The third-order valence-electron chi connectivity index (χ3n) is 3.21. The van der Waals surface area contributed by atoms with E-state index in [0.29, 0.717) is 26.4 Å². The van der Waals surface area contributed by atoms with Crippen LogP contribution in [0.25, 0.3) is 0 Å². The minimum Gasteiger partial charge on any atom is -0.376 e. The zero-order valence-corrected chi connectivity index (χ0v) is 12.1. The number of amides is 1. The lowest BCUT2D eigenvalue weighted by molar-refractivity contribution is -0.148. The van der Waals surface area contributed by atoms with Crippen molar-refractivity contribution in [1.29, 1.82) is 0 Å². The van der Waals surface area contributed by atoms with Gasteiger partial charge in [-0.25, -0.2) is 0 Å². The summed E-state index contributed by atoms with van der Waals surface area (Å²) < 4.78 is 10.6. The van der Waals surface area contributed by atoms with E-state index in [1.807, 2.05) is 31.2 Å². The fourth-order valence-corrected chi connectivity index (χ4v) is 2.04. The van der Waals surface area contributed by atoms with Crippen LogP contribution >= 0.6 is 0 Å². The van der Waals surface area contributed by atoms with Crippen LogP contribution in [0.4, 0.5) is 0 Å². The van der Waals surface area contributed by atoms with Crippen LogP contribution < -0.4 is 11.1 Å². The van der Waals surface area contributed by atoms with E-state index in [1.54, 1.807) is 0 Å². The van der Waals surface area contributed by atoms with E-state index in [-0.39, 0.29) is 11.9 Å². The van der Waals surface area contributed by atoms with Crippen LogP contribution in [0.3, 0.4) is 0 Å². The smallest absolute Gasteiger partial charge is 0.252 e. The van der Waals surface area contributed by atoms with Gasteiger partial charge in [-0.05, 0) is 24.6 Å². The molecule has 2 atom stereocenters. The van der Waals surface area contributed by atoms with Gasteiger partial charge in [0, 0.05) is 5.56 Å². The van der Waals surface area contributed by atoms with Crippen LogP contribution in [0.2, 0.25) is 0 Å². The fraction of sp³-hybridized carbons (Fsp3) is 0.438. The average molecular weight is 288 g/mol. The van der Waals surface area contributed by atoms with Gasteiger partial charge in [-0.3, -0.25) is 4.79 Å². The summed E-state index contributed by atoms with van der Waals surface area (Å²) in [6.45, 7) is 3.59. The zero-order valence-electron chi connectivity index (χ0n) is 12.1. The Balaban J connectivity index is 1.93. The number of rotatable bonds is 3. The van der Waals surface area contributed by atoms with Gasteiger partial charge in [0.1, 0.15) is 0 Å². The molecule has 0 bridgehead atoms. The summed E-state index contributed by atoms with van der Waals surface area (Å²) in [6, 6.07) is 7.63. The molecule has 1 heterocycles. The third-order valence-corrected chi connectivity index (χ3v) is 3.21. The van der Waals surface area contributed by atoms with Gasteiger partial charge in [0.15, 0.2) is 6.10 Å². The summed E-state index contributed by atoms with van der Waals surface area (Å²) in [7, 11) is 0. The molecule has 2 rings (SSSR count). The lowest BCUT2D eigenvalue weighted by atomic mass is 10.1. The molecule has 1 aromatic rings. The molecule has 21 heavy (non-hydrogen) atoms. The first kappa shape index (κ1) is 15.5. The van der Waals surface area contributed by atoms with E-state index in [2.05, 4.69) is 17.2 Å². The summed E-state index contributed by atoms with van der Waals surface area (Å²) in [6.07, 6.45) is -0.518. The normalized spacial score (nSPS) is 19.2. The predicted octanol–water partition coefficient (Wildman–Crippen LogP) is 0.589. The summed E-state index contributed by atoms with van der Waals surface area (Å²) >= 11 is 0. The first-order valence-corrected chi connectivity index (χ1v) is 6.99. The van der Waals surface area contributed by atoms with E-state index >= 15 is 0 Å². The number of hydrogen-bond acceptors (Lipinski definition) is 4. The molecule has 0 aliphatic carbocycles. The van der Waals surface area contributed by atoms with Gasteiger partial charge in [0.05, 0.1) is 32.4 Å². The van der Waals surface area contributed by atoms with E-state index in [9.17, 15) is 4.79 Å². The highest BCUT2D eigenvalue weighted by Crippen LogP contribution is 2.14. The second-order valence-electron chi connectivity index (χ2n) is 4.79. The number of nitrogens with two attached hydrogens (primary N) is 1. The lowest BCUT2D eigenvalue weighted by Gasteiger charge is -2.24. The van der Waals surface area contributed by atoms with Crippen LogP contribution in [0.5, 0.6) is 0 Å². The minimum absolute atomic E-state index is 0.0976. The fourth-order valence-electron chi connectivity index (χ4n) is 2.04. The Hall–Kier alpha value is -1.87. The highest BCUT2D eigenvalue weighted by molar-refractivity contribution is 5.81. The SMILES string of the molecule is CC(NC(=O)C1COCCO1)c1ccc(C#CCN)cc1. The monoisotopic (exact) mass is 288 g/mol. The molecule has 1 saturated heterocycles. The Labute approximate surface area is 124 Å². The molecule has 0 spiro atoms. The molecule has 0 saturated carbocycles. The maximum Gasteiger partial charge on any atom is 0.252 e. The summed E-state index contributed by atoms with van der Waals surface area (Å²) in [4.78, 5) is 12.0. The standard InChI is InChI=1S/C16H20N2O3/c1-12(18-16(19)15-11-20-9-10-21-15)14-6-4-13(5-7-14)3-2-8-17/h4-7,12,15H,8-11,17H2,1H3,(H,18,19). The van der Waals surface area contributed by atoms with Crippen molar-refractivity contribution in [2.45, 2.75) is 19.1 Å². The molecule has 0 radical (unpaired) electrons. The van der Waals surface area contributed by atoms with Crippen LogP contribution in [-0.4, -0.2) is 38.4 Å². The van der Waals surface area contributed by atoms with E-state index in [4.69, 9.17) is 15.2 Å². The van der Waals surface area contributed by atoms with Crippen molar-refractivity contribution in [2.75, 3.05) is 26.4 Å². The lowest BCUT2D eigenvalue weighted by Crippen LogP contribution is -2.43. The Morgan fingerprint density at radius 2 is 2.19 bits per heavy atom. The molecule has 5 heteroatoms. The maximum absolute atomic E-state index is 12.0. The van der Waals surface area contributed by atoms with Gasteiger partial charge in [0.2, 0.25) is 0 Å². The van der Waals surface area contributed by atoms with Gasteiger partial charge < -0.3 is 20.5 Å². The van der Waals surface area contributed by atoms with E-state index in [0.717, 1.165) is 11.1 Å². The van der Waals surface area contributed by atoms with Gasteiger partial charge in [-0.2, -0.15) is 0 Å². The highest BCUT2D eigenvalue weighted by Gasteiger charge is 2.23. The molecular formula is C16H20N2O3. The van der Waals surface area contributed by atoms with Gasteiger partial charge in [0.25, 0.3) is 5.91 Å². The van der Waals surface area contributed by atoms with Crippen LogP contribution in [0, 0.1) is 11.8 Å². The van der Waals surface area contributed by atoms with Gasteiger partial charge in [-0.1, -0.05) is 24.0 Å². The molecular weight excluding hydrogens is 268 g/mol. The van der Waals surface area contributed by atoms with Crippen molar-refractivity contribution in [3.8, 4) is 11.8 Å². The van der Waals surface area contributed by atoms with E-state index < -0.39 is 6.10 Å². The Morgan fingerprint density at radius 1 is 1.43 bits per heavy atom. The number of carbonyl (C=O) groups excluding carboxylic acids is 1. The summed E-state index contributed by atoms with van der Waals surface area (Å²) in [5.41, 5.74) is 7.26. The topological polar surface area (TPSA) is 73.6 Å². The molecule has 5 nitrogen and oxygen atoms in total. The molecule has 2 unspecified atom stereocenters. The summed E-state index contributed by atoms with van der Waals surface area (Å²) in [5.74, 6) is 5.63. The largest absolute Gasteiger partial charge is 0.376 e. The Morgan fingerprint density at radius 3 is 2.81 bits per heavy atom. The number of nitrogens with one attached hydrogen (secondary N) is 1. The molecule has 1 amide bonds. The van der Waals surface area contributed by atoms with Crippen molar-refractivity contribution in [3.05, 3.63) is 35.4 Å². The maximum atomic E-state index is 12.0. The third kappa shape index (κ3) is 4.57. The first-order chi connectivity index (χ1) is 10.2. The summed E-state index contributed by atoms with van der Waals surface area (Å²) in [5, 5.41) is 2.93. The predicted molar refractivity (Wildman–Crippen MR) is 79.5 cm³/mol. The van der Waals surface area contributed by atoms with Crippen molar-refractivity contribution in [3.63, 3.8) is 0 Å². The molecule has 3 N–H and O–H groups in total. The molecule has 1 aliphatic heterocycles. The van der Waals surface area contributed by atoms with Crippen molar-refractivity contribution >= 4 is 5.91 Å². The number of benzene rings is 1. The first-order valence-electron chi connectivity index (χ1n) is 6.99. The Kier molecular flexibility index (Phi) is 5.76. The van der Waals surface area contributed by atoms with Crippen molar-refractivity contribution in [1.82, 2.24) is 5.32 Å². The second kappa shape index (κ2) is 7.79. The van der Waals surface area contributed by atoms with Gasteiger partial charge >= 0.3 is 0 Å². The zero-order chi connectivity index (χ0) is 15.1. The molecule has 1 fully saturated rings. The molecule has 0 aromatic heterocycles. The van der Waals surface area contributed by atoms with E-state index in [1.165, 1.54) is 0 Å². The molecule has 1 aromatic carbocycles. The van der Waals surface area contributed by atoms with Crippen LogP contribution in [0.1, 0.15) is 24.1 Å². The number of carbonyl (C=O) groups is 1. The van der Waals surface area contributed by atoms with Gasteiger partial charge in [-0.15, -0.1) is 0 Å². The van der Waals surface area contributed by atoms with Crippen molar-refractivity contribution in [2.24, 2.45) is 5.73 Å². The molecule has 112 valence electrons. The molecule has 1 aliphatic rings. The second-order valence-corrected chi connectivity index (χ2v) is 4.79. The quantitative estimate of drug-likeness (QED) is 0.798. The van der Waals surface area contributed by atoms with Crippen molar-refractivity contribution < 1.29 is 14.3 Å². The van der Waals surface area contributed by atoms with Crippen LogP contribution in [0.15, 0.2) is 24.3 Å². The highest BCUT2D eigenvalue weighted by atomic mass is 16.6. The minimum atomic E-state index is -0.518. The van der Waals surface area contributed by atoms with Crippen LogP contribution in [-0.2, 0) is 14.3 Å².